The maximum Gasteiger partial charge on any atom is 0.393 e. The number of nitrogens with one attached hydrogen (secondary N) is 2. The van der Waals surface area contributed by atoms with Gasteiger partial charge in [0, 0.05) is 35.8 Å². The van der Waals surface area contributed by atoms with Crippen molar-refractivity contribution in [2.75, 3.05) is 20.8 Å². The van der Waals surface area contributed by atoms with E-state index in [-0.39, 0.29) is 23.4 Å². The first-order valence-electron chi connectivity index (χ1n) is 9.73. The third-order valence-electron chi connectivity index (χ3n) is 5.25. The molecule has 1 heterocycles. The highest BCUT2D eigenvalue weighted by atomic mass is 19.4. The van der Waals surface area contributed by atoms with Crippen LogP contribution in [-0.2, 0) is 13.0 Å². The number of methoxy groups -OCH3 is 2. The molecule has 2 unspecified atom stereocenters. The van der Waals surface area contributed by atoms with Crippen molar-refractivity contribution in [3.63, 3.8) is 0 Å². The molecule has 1 aliphatic heterocycles. The Bertz CT molecular complexity index is 797. The zero-order valence-electron chi connectivity index (χ0n) is 16.7. The maximum atomic E-state index is 13.0. The van der Waals surface area contributed by atoms with E-state index in [9.17, 15) is 13.2 Å². The summed E-state index contributed by atoms with van der Waals surface area (Å²) in [6, 6.07) is 13.6. The van der Waals surface area contributed by atoms with Gasteiger partial charge in [-0.15, -0.1) is 0 Å². The first-order chi connectivity index (χ1) is 13.9. The number of ether oxygens (including phenoxy) is 2. The van der Waals surface area contributed by atoms with E-state index in [4.69, 9.17) is 9.47 Å². The zero-order valence-corrected chi connectivity index (χ0v) is 16.7. The molecule has 2 aromatic rings. The van der Waals surface area contributed by atoms with E-state index in [1.165, 1.54) is 31.9 Å². The second kappa shape index (κ2) is 9.50. The largest absolute Gasteiger partial charge is 0.496 e. The summed E-state index contributed by atoms with van der Waals surface area (Å²) < 4.78 is 49.5. The molecular weight excluding hydrogens is 381 g/mol. The second-order valence-corrected chi connectivity index (χ2v) is 7.24. The van der Waals surface area contributed by atoms with Gasteiger partial charge in [0.25, 0.3) is 0 Å². The van der Waals surface area contributed by atoms with Crippen LogP contribution in [0.4, 0.5) is 13.2 Å². The molecule has 0 saturated carbocycles. The van der Waals surface area contributed by atoms with E-state index in [1.54, 1.807) is 0 Å². The Morgan fingerprint density at radius 1 is 1.03 bits per heavy atom. The zero-order chi connectivity index (χ0) is 20.9. The Kier molecular flexibility index (Phi) is 7.03. The normalized spacial score (nSPS) is 19.8. The summed E-state index contributed by atoms with van der Waals surface area (Å²) in [5.74, 6) is 0.699. The molecule has 29 heavy (non-hydrogen) atoms. The minimum atomic E-state index is -4.31. The van der Waals surface area contributed by atoms with Crippen molar-refractivity contribution in [1.29, 1.82) is 0 Å². The van der Waals surface area contributed by atoms with Gasteiger partial charge >= 0.3 is 6.18 Å². The predicted molar refractivity (Wildman–Crippen MR) is 106 cm³/mol. The van der Waals surface area contributed by atoms with Gasteiger partial charge in [0.05, 0.1) is 20.6 Å². The second-order valence-electron chi connectivity index (χ2n) is 7.24. The summed E-state index contributed by atoms with van der Waals surface area (Å²) in [6.45, 7) is 1.35. The van der Waals surface area contributed by atoms with Crippen LogP contribution in [-0.4, -0.2) is 33.0 Å². The van der Waals surface area contributed by atoms with Crippen LogP contribution in [0, 0.1) is 0 Å². The van der Waals surface area contributed by atoms with E-state index in [2.05, 4.69) is 22.8 Å². The van der Waals surface area contributed by atoms with Gasteiger partial charge in [0.2, 0.25) is 0 Å². The van der Waals surface area contributed by atoms with Gasteiger partial charge in [-0.25, -0.2) is 0 Å². The van der Waals surface area contributed by atoms with Crippen molar-refractivity contribution in [1.82, 2.24) is 10.6 Å². The Morgan fingerprint density at radius 3 is 2.38 bits per heavy atom. The smallest absolute Gasteiger partial charge is 0.393 e. The number of benzene rings is 2. The molecule has 0 amide bonds. The summed E-state index contributed by atoms with van der Waals surface area (Å²) in [4.78, 5) is 0. The van der Waals surface area contributed by atoms with Crippen LogP contribution in [0.1, 0.15) is 35.6 Å². The minimum Gasteiger partial charge on any atom is -0.496 e. The SMILES string of the molecule is COc1cc(OC)c(CC(F)(F)F)cc1CNC1CCCNC1c1ccccc1. The van der Waals surface area contributed by atoms with Gasteiger partial charge in [0.15, 0.2) is 0 Å². The molecule has 158 valence electrons. The summed E-state index contributed by atoms with van der Waals surface area (Å²) in [7, 11) is 2.88. The molecule has 2 aromatic carbocycles. The first-order valence-corrected chi connectivity index (χ1v) is 9.73. The molecular formula is C22H27F3N2O2. The maximum absolute atomic E-state index is 13.0. The molecule has 0 spiro atoms. The fourth-order valence-corrected chi connectivity index (χ4v) is 3.89. The monoisotopic (exact) mass is 408 g/mol. The molecule has 1 aliphatic rings. The molecule has 0 aliphatic carbocycles. The van der Waals surface area contributed by atoms with Gasteiger partial charge < -0.3 is 20.1 Å². The molecule has 7 heteroatoms. The predicted octanol–water partition coefficient (Wildman–Crippen LogP) is 4.39. The van der Waals surface area contributed by atoms with Crippen LogP contribution in [0.15, 0.2) is 42.5 Å². The molecule has 1 fully saturated rings. The van der Waals surface area contributed by atoms with Gasteiger partial charge in [0.1, 0.15) is 11.5 Å². The number of halogens is 3. The average Bonchev–Trinajstić information content (AvgIpc) is 2.72. The van der Waals surface area contributed by atoms with Crippen molar-refractivity contribution in [2.24, 2.45) is 0 Å². The lowest BCUT2D eigenvalue weighted by Crippen LogP contribution is -2.45. The lowest BCUT2D eigenvalue weighted by molar-refractivity contribution is -0.127. The van der Waals surface area contributed by atoms with Crippen molar-refractivity contribution in [2.45, 2.75) is 44.1 Å². The van der Waals surface area contributed by atoms with E-state index in [0.29, 0.717) is 17.9 Å². The molecule has 1 saturated heterocycles. The van der Waals surface area contributed by atoms with Crippen molar-refractivity contribution in [3.05, 3.63) is 59.2 Å². The fourth-order valence-electron chi connectivity index (χ4n) is 3.89. The summed E-state index contributed by atoms with van der Waals surface area (Å²) in [6.07, 6.45) is -3.32. The number of rotatable bonds is 7. The highest BCUT2D eigenvalue weighted by Gasteiger charge is 2.30. The quantitative estimate of drug-likeness (QED) is 0.713. The topological polar surface area (TPSA) is 42.5 Å². The number of alkyl halides is 3. The lowest BCUT2D eigenvalue weighted by atomic mass is 9.92. The molecule has 3 rings (SSSR count). The molecule has 4 nitrogen and oxygen atoms in total. The number of piperidine rings is 1. The summed E-state index contributed by atoms with van der Waals surface area (Å²) in [5.41, 5.74) is 1.99. The number of hydrogen-bond donors (Lipinski definition) is 2. The molecule has 0 aromatic heterocycles. The van der Waals surface area contributed by atoms with Crippen LogP contribution in [0.2, 0.25) is 0 Å². The van der Waals surface area contributed by atoms with Gasteiger partial charge in [-0.1, -0.05) is 30.3 Å². The molecule has 2 atom stereocenters. The molecule has 0 bridgehead atoms. The Morgan fingerprint density at radius 2 is 1.72 bits per heavy atom. The van der Waals surface area contributed by atoms with Crippen molar-refractivity contribution < 1.29 is 22.6 Å². The Hall–Kier alpha value is -2.25. The van der Waals surface area contributed by atoms with Crippen LogP contribution in [0.5, 0.6) is 11.5 Å². The van der Waals surface area contributed by atoms with E-state index >= 15 is 0 Å². The number of hydrogen-bond acceptors (Lipinski definition) is 4. The van der Waals surface area contributed by atoms with Gasteiger partial charge in [-0.3, -0.25) is 0 Å². The van der Waals surface area contributed by atoms with E-state index in [1.807, 2.05) is 18.2 Å². The van der Waals surface area contributed by atoms with Gasteiger partial charge in [-0.2, -0.15) is 13.2 Å². The van der Waals surface area contributed by atoms with Crippen molar-refractivity contribution in [3.8, 4) is 11.5 Å². The average molecular weight is 408 g/mol. The highest BCUT2D eigenvalue weighted by Crippen LogP contribution is 2.34. The summed E-state index contributed by atoms with van der Waals surface area (Å²) >= 11 is 0. The Labute approximate surface area is 169 Å². The third-order valence-corrected chi connectivity index (χ3v) is 5.25. The highest BCUT2D eigenvalue weighted by molar-refractivity contribution is 5.47. The lowest BCUT2D eigenvalue weighted by Gasteiger charge is -2.34. The molecule has 2 N–H and O–H groups in total. The van der Waals surface area contributed by atoms with E-state index in [0.717, 1.165) is 19.4 Å². The third kappa shape index (κ3) is 5.64. The van der Waals surface area contributed by atoms with E-state index < -0.39 is 12.6 Å². The standard InChI is InChI=1S/C22H27F3N2O2/c1-28-19-12-20(29-2)17(11-16(19)13-22(23,24)25)14-27-18-9-6-10-26-21(18)15-7-4-3-5-8-15/h3-5,7-8,11-12,18,21,26-27H,6,9-10,13-14H2,1-2H3. The Balaban J connectivity index is 1.80. The van der Waals surface area contributed by atoms with Gasteiger partial charge in [-0.05, 0) is 31.0 Å². The van der Waals surface area contributed by atoms with Crippen LogP contribution >= 0.6 is 0 Å². The van der Waals surface area contributed by atoms with Crippen LogP contribution < -0.4 is 20.1 Å². The van der Waals surface area contributed by atoms with Crippen LogP contribution in [0.3, 0.4) is 0 Å². The summed E-state index contributed by atoms with van der Waals surface area (Å²) in [5, 5.41) is 7.07. The van der Waals surface area contributed by atoms with Crippen molar-refractivity contribution >= 4 is 0 Å². The van der Waals surface area contributed by atoms with Crippen LogP contribution in [0.25, 0.3) is 0 Å². The molecule has 0 radical (unpaired) electrons. The fraction of sp³-hybridized carbons (Fsp3) is 0.455. The minimum absolute atomic E-state index is 0.110. The first kappa shape index (κ1) is 21.5.